The van der Waals surface area contributed by atoms with E-state index in [9.17, 15) is 0 Å². The van der Waals surface area contributed by atoms with Crippen LogP contribution in [0.15, 0.2) is 24.3 Å². The van der Waals surface area contributed by atoms with Crippen molar-refractivity contribution >= 4 is 11.8 Å². The molecule has 1 saturated heterocycles. The van der Waals surface area contributed by atoms with Gasteiger partial charge in [0.2, 0.25) is 0 Å². The fourth-order valence-electron chi connectivity index (χ4n) is 3.35. The summed E-state index contributed by atoms with van der Waals surface area (Å²) in [5.74, 6) is 9.08. The first-order chi connectivity index (χ1) is 9.81. The zero-order valence-electron chi connectivity index (χ0n) is 12.2. The van der Waals surface area contributed by atoms with Crippen molar-refractivity contribution in [2.45, 2.75) is 37.3 Å². The molecule has 3 N–H and O–H groups in total. The minimum atomic E-state index is 0.240. The lowest BCUT2D eigenvalue weighted by Crippen LogP contribution is -2.49. The highest BCUT2D eigenvalue weighted by molar-refractivity contribution is 7.99. The van der Waals surface area contributed by atoms with Gasteiger partial charge in [-0.1, -0.05) is 30.7 Å². The average molecular weight is 291 g/mol. The molecule has 2 aliphatic rings. The summed E-state index contributed by atoms with van der Waals surface area (Å²) in [5.41, 5.74) is 6.04. The second kappa shape index (κ2) is 6.48. The Morgan fingerprint density at radius 2 is 2.15 bits per heavy atom. The molecular weight excluding hydrogens is 266 g/mol. The number of rotatable bonds is 4. The molecule has 0 radical (unpaired) electrons. The first-order valence-corrected chi connectivity index (χ1v) is 8.79. The van der Waals surface area contributed by atoms with E-state index in [0.29, 0.717) is 6.04 Å². The molecule has 0 aromatic heterocycles. The van der Waals surface area contributed by atoms with Gasteiger partial charge in [-0.25, -0.2) is 0 Å². The van der Waals surface area contributed by atoms with Gasteiger partial charge < -0.3 is 0 Å². The molecule has 1 aliphatic carbocycles. The zero-order chi connectivity index (χ0) is 13.9. The summed E-state index contributed by atoms with van der Waals surface area (Å²) in [4.78, 5) is 2.46. The van der Waals surface area contributed by atoms with Crippen LogP contribution in [0.1, 0.15) is 42.3 Å². The Bertz CT molecular complexity index is 447. The van der Waals surface area contributed by atoms with Crippen molar-refractivity contribution < 1.29 is 0 Å². The fourth-order valence-corrected chi connectivity index (χ4v) is 4.62. The number of hydrogen-bond acceptors (Lipinski definition) is 4. The maximum Gasteiger partial charge on any atom is 0.0626 e. The van der Waals surface area contributed by atoms with Crippen LogP contribution in [0.2, 0.25) is 0 Å². The SMILES string of the molecule is CN1CCSCC1C(NN)c1ccccc1C1CCC1. The highest BCUT2D eigenvalue weighted by Crippen LogP contribution is 2.40. The number of thioether (sulfide) groups is 1. The first kappa shape index (κ1) is 14.4. The highest BCUT2D eigenvalue weighted by atomic mass is 32.2. The zero-order valence-corrected chi connectivity index (χ0v) is 13.0. The Kier molecular flexibility index (Phi) is 4.66. The quantitative estimate of drug-likeness (QED) is 0.661. The van der Waals surface area contributed by atoms with E-state index in [1.165, 1.54) is 36.1 Å². The number of nitrogens with one attached hydrogen (secondary N) is 1. The Labute approximate surface area is 126 Å². The van der Waals surface area contributed by atoms with Gasteiger partial charge in [0, 0.05) is 24.1 Å². The van der Waals surface area contributed by atoms with Crippen molar-refractivity contribution in [3.8, 4) is 0 Å². The molecule has 1 aliphatic heterocycles. The van der Waals surface area contributed by atoms with Gasteiger partial charge in [0.05, 0.1) is 6.04 Å². The third-order valence-electron chi connectivity index (χ3n) is 4.88. The van der Waals surface area contributed by atoms with Gasteiger partial charge in [0.15, 0.2) is 0 Å². The van der Waals surface area contributed by atoms with E-state index in [2.05, 4.69) is 41.6 Å². The van der Waals surface area contributed by atoms with Gasteiger partial charge in [0.25, 0.3) is 0 Å². The van der Waals surface area contributed by atoms with Crippen LogP contribution in [0.25, 0.3) is 0 Å². The molecule has 2 fully saturated rings. The third kappa shape index (κ3) is 2.75. The number of nitrogens with zero attached hydrogens (tertiary/aromatic N) is 1. The molecule has 2 atom stereocenters. The molecule has 2 unspecified atom stereocenters. The van der Waals surface area contributed by atoms with E-state index >= 15 is 0 Å². The fraction of sp³-hybridized carbons (Fsp3) is 0.625. The van der Waals surface area contributed by atoms with Crippen molar-refractivity contribution in [3.05, 3.63) is 35.4 Å². The van der Waals surface area contributed by atoms with Crippen molar-refractivity contribution in [2.24, 2.45) is 5.84 Å². The summed E-state index contributed by atoms with van der Waals surface area (Å²) >= 11 is 2.04. The second-order valence-corrected chi connectivity index (χ2v) is 7.17. The summed E-state index contributed by atoms with van der Waals surface area (Å²) in [6, 6.07) is 9.62. The summed E-state index contributed by atoms with van der Waals surface area (Å²) in [6.07, 6.45) is 4.05. The van der Waals surface area contributed by atoms with Crippen molar-refractivity contribution in [3.63, 3.8) is 0 Å². The highest BCUT2D eigenvalue weighted by Gasteiger charge is 2.32. The van der Waals surface area contributed by atoms with Crippen LogP contribution in [-0.4, -0.2) is 36.0 Å². The van der Waals surface area contributed by atoms with Crippen LogP contribution < -0.4 is 11.3 Å². The molecular formula is C16H25N3S. The van der Waals surface area contributed by atoms with E-state index in [4.69, 9.17) is 5.84 Å². The number of hydrogen-bond donors (Lipinski definition) is 2. The molecule has 4 heteroatoms. The lowest BCUT2D eigenvalue weighted by atomic mass is 9.76. The maximum atomic E-state index is 5.94. The average Bonchev–Trinajstić information content (AvgIpc) is 2.41. The van der Waals surface area contributed by atoms with Crippen LogP contribution in [0.5, 0.6) is 0 Å². The molecule has 3 rings (SSSR count). The first-order valence-electron chi connectivity index (χ1n) is 7.64. The van der Waals surface area contributed by atoms with E-state index in [0.717, 1.165) is 18.2 Å². The van der Waals surface area contributed by atoms with E-state index in [1.807, 2.05) is 11.8 Å². The van der Waals surface area contributed by atoms with E-state index < -0.39 is 0 Å². The van der Waals surface area contributed by atoms with Crippen molar-refractivity contribution in [2.75, 3.05) is 25.1 Å². The topological polar surface area (TPSA) is 41.3 Å². The molecule has 110 valence electrons. The molecule has 20 heavy (non-hydrogen) atoms. The van der Waals surface area contributed by atoms with Gasteiger partial charge >= 0.3 is 0 Å². The van der Waals surface area contributed by atoms with Crippen LogP contribution in [0, 0.1) is 0 Å². The number of benzene rings is 1. The Balaban J connectivity index is 1.88. The van der Waals surface area contributed by atoms with Gasteiger partial charge in [-0.15, -0.1) is 0 Å². The normalized spacial score (nSPS) is 26.2. The summed E-state index contributed by atoms with van der Waals surface area (Å²) in [6.45, 7) is 1.15. The number of likely N-dealkylation sites (N-methyl/N-ethyl adjacent to an activating group) is 1. The minimum absolute atomic E-state index is 0.240. The summed E-state index contributed by atoms with van der Waals surface area (Å²) in [5, 5.41) is 0. The van der Waals surface area contributed by atoms with Crippen molar-refractivity contribution in [1.82, 2.24) is 10.3 Å². The van der Waals surface area contributed by atoms with Gasteiger partial charge in [0.1, 0.15) is 0 Å². The summed E-state index contributed by atoms with van der Waals surface area (Å²) < 4.78 is 0. The number of nitrogens with two attached hydrogens (primary N) is 1. The smallest absolute Gasteiger partial charge is 0.0626 e. The van der Waals surface area contributed by atoms with Crippen LogP contribution in [0.4, 0.5) is 0 Å². The third-order valence-corrected chi connectivity index (χ3v) is 5.93. The van der Waals surface area contributed by atoms with E-state index in [-0.39, 0.29) is 6.04 Å². The van der Waals surface area contributed by atoms with Crippen molar-refractivity contribution in [1.29, 1.82) is 0 Å². The molecule has 1 aromatic carbocycles. The van der Waals surface area contributed by atoms with Crippen LogP contribution in [0.3, 0.4) is 0 Å². The predicted octanol–water partition coefficient (Wildman–Crippen LogP) is 2.51. The largest absolute Gasteiger partial charge is 0.300 e. The molecule has 3 nitrogen and oxygen atoms in total. The minimum Gasteiger partial charge on any atom is -0.300 e. The Morgan fingerprint density at radius 3 is 2.80 bits per heavy atom. The summed E-state index contributed by atoms with van der Waals surface area (Å²) in [7, 11) is 2.22. The van der Waals surface area contributed by atoms with Crippen LogP contribution >= 0.6 is 11.8 Å². The molecule has 1 heterocycles. The molecule has 0 bridgehead atoms. The molecule has 0 spiro atoms. The second-order valence-electron chi connectivity index (χ2n) is 6.02. The molecule has 1 aromatic rings. The van der Waals surface area contributed by atoms with Gasteiger partial charge in [-0.05, 0) is 36.9 Å². The molecule has 1 saturated carbocycles. The van der Waals surface area contributed by atoms with Crippen LogP contribution in [-0.2, 0) is 0 Å². The standard InChI is InChI=1S/C16H25N3S/c1-19-9-10-20-11-15(19)16(18-17)14-8-3-2-7-13(14)12-5-4-6-12/h2-3,7-8,12,15-16,18H,4-6,9-11,17H2,1H3. The lowest BCUT2D eigenvalue weighted by Gasteiger charge is -2.39. The van der Waals surface area contributed by atoms with Gasteiger partial charge in [-0.3, -0.25) is 16.2 Å². The number of hydrazine groups is 1. The maximum absolute atomic E-state index is 5.94. The predicted molar refractivity (Wildman–Crippen MR) is 86.8 cm³/mol. The monoisotopic (exact) mass is 291 g/mol. The lowest BCUT2D eigenvalue weighted by molar-refractivity contribution is 0.215. The Hall–Kier alpha value is -0.550. The molecule has 0 amide bonds. The van der Waals surface area contributed by atoms with Gasteiger partial charge in [-0.2, -0.15) is 11.8 Å². The van der Waals surface area contributed by atoms with E-state index in [1.54, 1.807) is 0 Å². The Morgan fingerprint density at radius 1 is 1.35 bits per heavy atom.